The Bertz CT molecular complexity index is 482. The van der Waals surface area contributed by atoms with Crippen LogP contribution in [-0.2, 0) is 11.2 Å². The number of ketones is 1. The monoisotopic (exact) mass is 262 g/mol. The second-order valence-electron chi connectivity index (χ2n) is 5.88. The smallest absolute Gasteiger partial charge is 0.161 e. The summed E-state index contributed by atoms with van der Waals surface area (Å²) < 4.78 is 0. The molecule has 0 radical (unpaired) electrons. The van der Waals surface area contributed by atoms with Crippen LogP contribution in [0.5, 0.6) is 0 Å². The minimum atomic E-state index is -0.205. The van der Waals surface area contributed by atoms with Crippen LogP contribution < -0.4 is 0 Å². The van der Waals surface area contributed by atoms with Gasteiger partial charge < -0.3 is 0 Å². The first-order valence-electron chi connectivity index (χ1n) is 6.38. The molecule has 1 atom stereocenters. The van der Waals surface area contributed by atoms with Gasteiger partial charge in [-0.25, -0.2) is 0 Å². The van der Waals surface area contributed by atoms with Crippen molar-refractivity contribution in [2.75, 3.05) is 0 Å². The van der Waals surface area contributed by atoms with Gasteiger partial charge in [0.1, 0.15) is 0 Å². The average Bonchev–Trinajstić information content (AvgIpc) is 2.28. The molecule has 1 aromatic carbocycles. The Morgan fingerprint density at radius 2 is 1.89 bits per heavy atom. The molecule has 0 spiro atoms. The first-order chi connectivity index (χ1) is 8.38. The maximum atomic E-state index is 12.0. The van der Waals surface area contributed by atoms with Gasteiger partial charge in [0, 0.05) is 10.4 Å². The molecule has 1 nitrogen and oxygen atoms in total. The predicted molar refractivity (Wildman–Crippen MR) is 75.8 cm³/mol. The van der Waals surface area contributed by atoms with E-state index in [-0.39, 0.29) is 11.2 Å². The van der Waals surface area contributed by atoms with Crippen molar-refractivity contribution >= 4 is 17.4 Å². The van der Waals surface area contributed by atoms with E-state index in [0.29, 0.717) is 5.92 Å². The minimum absolute atomic E-state index is 0.205. The van der Waals surface area contributed by atoms with E-state index in [2.05, 4.69) is 6.92 Å². The minimum Gasteiger partial charge on any atom is -0.294 e. The van der Waals surface area contributed by atoms with Crippen LogP contribution >= 0.6 is 11.6 Å². The van der Waals surface area contributed by atoms with Gasteiger partial charge >= 0.3 is 0 Å². The zero-order valence-corrected chi connectivity index (χ0v) is 11.9. The van der Waals surface area contributed by atoms with E-state index in [4.69, 9.17) is 11.6 Å². The Hall–Kier alpha value is -1.08. The fraction of sp³-hybridized carbons (Fsp3) is 0.438. The molecule has 0 fully saturated rings. The first-order valence-corrected chi connectivity index (χ1v) is 6.75. The van der Waals surface area contributed by atoms with Crippen molar-refractivity contribution in [3.8, 4) is 0 Å². The molecule has 2 rings (SSSR count). The third-order valence-electron chi connectivity index (χ3n) is 3.75. The summed E-state index contributed by atoms with van der Waals surface area (Å²) in [5.74, 6) is 0.720. The van der Waals surface area contributed by atoms with Crippen LogP contribution in [0.4, 0.5) is 0 Å². The van der Waals surface area contributed by atoms with E-state index < -0.39 is 0 Å². The quantitative estimate of drug-likeness (QED) is 0.770. The Kier molecular flexibility index (Phi) is 3.63. The molecule has 1 aromatic rings. The number of benzene rings is 1. The molecule has 0 saturated carbocycles. The maximum absolute atomic E-state index is 12.0. The van der Waals surface area contributed by atoms with Crippen LogP contribution in [0.2, 0.25) is 5.02 Å². The van der Waals surface area contributed by atoms with Crippen molar-refractivity contribution in [3.05, 3.63) is 46.5 Å². The summed E-state index contributed by atoms with van der Waals surface area (Å²) in [6.45, 7) is 6.26. The third kappa shape index (κ3) is 2.84. The number of allylic oxidation sites excluding steroid dienone is 2. The number of hydrogen-bond donors (Lipinski definition) is 0. The van der Waals surface area contributed by atoms with Gasteiger partial charge in [0.25, 0.3) is 0 Å². The number of hydrogen-bond acceptors (Lipinski definition) is 1. The van der Waals surface area contributed by atoms with Gasteiger partial charge in [-0.15, -0.1) is 0 Å². The highest BCUT2D eigenvalue weighted by Gasteiger charge is 2.33. The SMILES string of the molecule is CC1CC(C)(C)C(=O)C=C1Cc1ccc(Cl)cc1. The van der Waals surface area contributed by atoms with Crippen LogP contribution in [0.15, 0.2) is 35.9 Å². The molecule has 0 bridgehead atoms. The molecule has 0 aliphatic heterocycles. The number of halogens is 1. The summed E-state index contributed by atoms with van der Waals surface area (Å²) in [6.07, 6.45) is 3.63. The number of carbonyl (C=O) groups excluding carboxylic acids is 1. The molecule has 1 unspecified atom stereocenters. The fourth-order valence-corrected chi connectivity index (χ4v) is 2.69. The van der Waals surface area contributed by atoms with Crippen molar-refractivity contribution in [1.82, 2.24) is 0 Å². The molecular weight excluding hydrogens is 244 g/mol. The molecule has 2 heteroatoms. The van der Waals surface area contributed by atoms with E-state index in [1.165, 1.54) is 11.1 Å². The Labute approximate surface area is 114 Å². The van der Waals surface area contributed by atoms with E-state index >= 15 is 0 Å². The molecule has 1 aliphatic carbocycles. The van der Waals surface area contributed by atoms with Crippen LogP contribution in [0, 0.1) is 11.3 Å². The van der Waals surface area contributed by atoms with Crippen LogP contribution in [-0.4, -0.2) is 5.78 Å². The molecule has 18 heavy (non-hydrogen) atoms. The summed E-state index contributed by atoms with van der Waals surface area (Å²) in [7, 11) is 0. The van der Waals surface area contributed by atoms with E-state index in [1.54, 1.807) is 0 Å². The average molecular weight is 263 g/mol. The normalized spacial score (nSPS) is 22.8. The maximum Gasteiger partial charge on any atom is 0.161 e. The standard InChI is InChI=1S/C16H19ClO/c1-11-10-16(2,3)15(18)9-13(11)8-12-4-6-14(17)7-5-12/h4-7,9,11H,8,10H2,1-3H3. The molecule has 0 amide bonds. The van der Waals surface area contributed by atoms with E-state index in [9.17, 15) is 4.79 Å². The third-order valence-corrected chi connectivity index (χ3v) is 4.01. The van der Waals surface area contributed by atoms with Gasteiger partial charge in [-0.1, -0.05) is 50.1 Å². The lowest BCUT2D eigenvalue weighted by Gasteiger charge is -2.32. The van der Waals surface area contributed by atoms with Crippen LogP contribution in [0.25, 0.3) is 0 Å². The van der Waals surface area contributed by atoms with Crippen molar-refractivity contribution in [2.24, 2.45) is 11.3 Å². The molecular formula is C16H19ClO. The molecule has 96 valence electrons. The van der Waals surface area contributed by atoms with Crippen LogP contribution in [0.1, 0.15) is 32.8 Å². The Morgan fingerprint density at radius 3 is 2.50 bits per heavy atom. The van der Waals surface area contributed by atoms with Crippen molar-refractivity contribution in [1.29, 1.82) is 0 Å². The topological polar surface area (TPSA) is 17.1 Å². The van der Waals surface area contributed by atoms with Crippen molar-refractivity contribution < 1.29 is 4.79 Å². The van der Waals surface area contributed by atoms with Crippen molar-refractivity contribution in [2.45, 2.75) is 33.6 Å². The number of rotatable bonds is 2. The van der Waals surface area contributed by atoms with Gasteiger partial charge in [0.05, 0.1) is 0 Å². The fourth-order valence-electron chi connectivity index (χ4n) is 2.57. The summed E-state index contributed by atoms with van der Waals surface area (Å²) in [4.78, 5) is 12.0. The Balaban J connectivity index is 2.19. The number of carbonyl (C=O) groups is 1. The zero-order chi connectivity index (χ0) is 13.3. The second-order valence-corrected chi connectivity index (χ2v) is 6.31. The van der Waals surface area contributed by atoms with Gasteiger partial charge in [-0.2, -0.15) is 0 Å². The van der Waals surface area contributed by atoms with Gasteiger partial charge in [-0.05, 0) is 42.5 Å². The highest BCUT2D eigenvalue weighted by molar-refractivity contribution is 6.30. The van der Waals surface area contributed by atoms with Gasteiger partial charge in [-0.3, -0.25) is 4.79 Å². The second kappa shape index (κ2) is 4.89. The molecule has 0 saturated heterocycles. The summed E-state index contributed by atoms with van der Waals surface area (Å²) in [5, 5.41) is 0.752. The first kappa shape index (κ1) is 13.4. The lowest BCUT2D eigenvalue weighted by Crippen LogP contribution is -2.30. The molecule has 0 N–H and O–H groups in total. The Morgan fingerprint density at radius 1 is 1.28 bits per heavy atom. The van der Waals surface area contributed by atoms with Crippen LogP contribution in [0.3, 0.4) is 0 Å². The van der Waals surface area contributed by atoms with Gasteiger partial charge in [0.15, 0.2) is 5.78 Å². The summed E-state index contributed by atoms with van der Waals surface area (Å²) >= 11 is 5.87. The lowest BCUT2D eigenvalue weighted by atomic mass is 9.71. The van der Waals surface area contributed by atoms with E-state index in [1.807, 2.05) is 44.2 Å². The molecule has 0 aromatic heterocycles. The van der Waals surface area contributed by atoms with E-state index in [0.717, 1.165) is 17.9 Å². The molecule has 1 aliphatic rings. The molecule has 0 heterocycles. The lowest BCUT2D eigenvalue weighted by molar-refractivity contribution is -0.123. The highest BCUT2D eigenvalue weighted by atomic mass is 35.5. The summed E-state index contributed by atoms with van der Waals surface area (Å²) in [5.41, 5.74) is 2.25. The predicted octanol–water partition coefficient (Wildman–Crippen LogP) is 4.44. The summed E-state index contributed by atoms with van der Waals surface area (Å²) in [6, 6.07) is 7.85. The largest absolute Gasteiger partial charge is 0.294 e. The highest BCUT2D eigenvalue weighted by Crippen LogP contribution is 2.36. The van der Waals surface area contributed by atoms with Gasteiger partial charge in [0.2, 0.25) is 0 Å². The zero-order valence-electron chi connectivity index (χ0n) is 11.2. The van der Waals surface area contributed by atoms with Crippen molar-refractivity contribution in [3.63, 3.8) is 0 Å².